The number of fused-ring (bicyclic) bond motifs is 2. The molecule has 6 aliphatic carbocycles. The Labute approximate surface area is 752 Å². The van der Waals surface area contributed by atoms with Crippen LogP contribution in [0.4, 0.5) is 0 Å². The molecule has 9 aliphatic heterocycles. The second-order valence-corrected chi connectivity index (χ2v) is 64.2. The average molecular weight is 1900 g/mol. The molecule has 15 fully saturated rings. The Bertz CT molecular complexity index is 3540. The van der Waals surface area contributed by atoms with Crippen LogP contribution in [-0.4, -0.2) is 179 Å². The third kappa shape index (κ3) is 69.2. The average Bonchev–Trinajstić information content (AvgIpc) is 1.62. The van der Waals surface area contributed by atoms with Crippen molar-refractivity contribution in [2.75, 3.05) is 104 Å². The molecular weight excluding hydrogens is 1710 g/mol. The lowest BCUT2D eigenvalue weighted by molar-refractivity contribution is 0.169. The highest BCUT2D eigenvalue weighted by atomic mass is 32.2. The van der Waals surface area contributed by atoms with Crippen LogP contribution in [0.5, 0.6) is 0 Å². The summed E-state index contributed by atoms with van der Waals surface area (Å²) in [5.74, 6) is 17.9. The van der Waals surface area contributed by atoms with Gasteiger partial charge >= 0.3 is 0 Å². The van der Waals surface area contributed by atoms with Crippen molar-refractivity contribution < 1.29 is 75.8 Å². The Morgan fingerprint density at radius 1 is 0.157 bits per heavy atom. The minimum Gasteiger partial charge on any atom is -0.229 e. The van der Waals surface area contributed by atoms with E-state index < -0.39 is 88.5 Å². The largest absolute Gasteiger partial charge is 0.229 e. The normalized spacial score (nSPS) is 26.8. The Morgan fingerprint density at radius 2 is 0.322 bits per heavy atom. The van der Waals surface area contributed by atoms with Gasteiger partial charge in [-0.15, -0.1) is 0 Å². The van der Waals surface area contributed by atoms with Crippen LogP contribution in [0.25, 0.3) is 0 Å². The van der Waals surface area contributed by atoms with Gasteiger partial charge in [0.1, 0.15) is 39.3 Å². The molecule has 4 unspecified atom stereocenters. The summed E-state index contributed by atoms with van der Waals surface area (Å²) in [6.07, 6.45) is 36.8. The lowest BCUT2D eigenvalue weighted by atomic mass is 9.70. The maximum absolute atomic E-state index is 11.3. The summed E-state index contributed by atoms with van der Waals surface area (Å²) in [7, 11) is -23.2. The maximum atomic E-state index is 11.3. The first-order valence-corrected chi connectivity index (χ1v) is 64.3. The zero-order valence-electron chi connectivity index (χ0n) is 82.9. The Balaban J connectivity index is -0.00000124. The van der Waals surface area contributed by atoms with Crippen LogP contribution in [0.3, 0.4) is 0 Å². The highest BCUT2D eigenvalue weighted by molar-refractivity contribution is 7.94. The Kier molecular flexibility index (Phi) is 62.4. The molecule has 6 saturated carbocycles. The summed E-state index contributed by atoms with van der Waals surface area (Å²) in [5, 5.41) is 0. The van der Waals surface area contributed by atoms with Crippen molar-refractivity contribution in [3.8, 4) is 0 Å². The second kappa shape index (κ2) is 60.6. The fraction of sp³-hybridized carbons (Fsp3) is 1.00. The van der Waals surface area contributed by atoms with Crippen molar-refractivity contribution in [1.29, 1.82) is 0 Å². The third-order valence-corrected chi connectivity index (χ3v) is 38.4. The van der Waals surface area contributed by atoms with Crippen LogP contribution in [-0.2, 0) is 88.5 Å². The highest BCUT2D eigenvalue weighted by Crippen LogP contribution is 2.50. The highest BCUT2D eigenvalue weighted by Gasteiger charge is 2.52. The lowest BCUT2D eigenvalue weighted by Gasteiger charge is -2.48. The molecule has 121 heavy (non-hydrogen) atoms. The van der Waals surface area contributed by atoms with Gasteiger partial charge in [0.25, 0.3) is 0 Å². The number of hydrogen-bond acceptors (Lipinski definition) is 18. The maximum Gasteiger partial charge on any atom is 0.151 e. The molecular formula is C94H194O18S9. The van der Waals surface area contributed by atoms with E-state index in [0.29, 0.717) is 138 Å². The minimum atomic E-state index is -2.66. The van der Waals surface area contributed by atoms with Gasteiger partial charge in [-0.1, -0.05) is 270 Å². The van der Waals surface area contributed by atoms with E-state index in [1.807, 2.05) is 0 Å². The molecule has 732 valence electrons. The molecule has 15 aliphatic rings. The molecule has 0 amide bonds. The molecule has 0 radical (unpaired) electrons. The molecule has 0 aromatic carbocycles. The van der Waals surface area contributed by atoms with Gasteiger partial charge in [-0.3, -0.25) is 0 Å². The Hall–Kier alpha value is -0.450. The topological polar surface area (TPSA) is 307 Å². The van der Waals surface area contributed by atoms with Crippen molar-refractivity contribution in [3.63, 3.8) is 0 Å². The van der Waals surface area contributed by atoms with Gasteiger partial charge in [-0.2, -0.15) is 0 Å². The van der Waals surface area contributed by atoms with Crippen LogP contribution in [0.1, 0.15) is 392 Å². The van der Waals surface area contributed by atoms with Crippen LogP contribution in [0, 0.1) is 98.6 Å². The minimum absolute atomic E-state index is 0.247. The van der Waals surface area contributed by atoms with Crippen LogP contribution in [0.2, 0.25) is 0 Å². The van der Waals surface area contributed by atoms with Crippen LogP contribution >= 0.6 is 0 Å². The Morgan fingerprint density at radius 3 is 0.496 bits per heavy atom. The smallest absolute Gasteiger partial charge is 0.151 e. The molecule has 0 N–H and O–H groups in total. The van der Waals surface area contributed by atoms with Crippen LogP contribution < -0.4 is 0 Å². The number of sulfone groups is 9. The van der Waals surface area contributed by atoms with Gasteiger partial charge in [-0.05, 0) is 221 Å². The summed E-state index contributed by atoms with van der Waals surface area (Å²) >= 11 is 0. The molecule has 0 aromatic rings. The molecule has 4 spiro atoms. The molecule has 0 bridgehead atoms. The van der Waals surface area contributed by atoms with Gasteiger partial charge in [-0.25, -0.2) is 75.8 Å². The lowest BCUT2D eigenvalue weighted by Crippen LogP contribution is -2.52. The van der Waals surface area contributed by atoms with Crippen molar-refractivity contribution in [1.82, 2.24) is 0 Å². The summed E-state index contributed by atoms with van der Waals surface area (Å²) < 4.78 is 194. The fourth-order valence-corrected chi connectivity index (χ4v) is 33.3. The van der Waals surface area contributed by atoms with E-state index in [4.69, 9.17) is 0 Å². The van der Waals surface area contributed by atoms with Gasteiger partial charge in [0, 0.05) is 0 Å². The van der Waals surface area contributed by atoms with E-state index in [1.54, 1.807) is 0 Å². The van der Waals surface area contributed by atoms with E-state index in [0.717, 1.165) is 169 Å². The molecule has 15 rings (SSSR count). The van der Waals surface area contributed by atoms with Crippen molar-refractivity contribution >= 4 is 88.5 Å². The quantitative estimate of drug-likeness (QED) is 0.217. The molecule has 9 saturated heterocycles. The number of rotatable bonds is 0. The zero-order chi connectivity index (χ0) is 94.4. The first kappa shape index (κ1) is 125. The fourth-order valence-electron chi connectivity index (χ4n) is 16.2. The molecule has 9 heterocycles. The van der Waals surface area contributed by atoms with Crippen LogP contribution in [0.15, 0.2) is 0 Å². The second-order valence-electron chi connectivity index (χ2n) is 44.5. The standard InChI is InChI=1S/C10H18O2S.2C8H14O2S.2C7H12O2S.C6H10O2S.C5H10O2S.C4H8O2S.9C4H10.C3H6O2S/c11-13(12)8-6-10(7-9-13)4-2-1-3-5-10;9-11(10)5-7-3-1-2-4-8(7)6-11;9-11(10)6-8(7-11)4-2-1-3-5-8;8-10(9)4-6-2-1-3-7(6)5-10;8-10(9)5-7(6-10)3-1-2-4-7;7-9(8)4-6(5-9)2-1-3-6;6-8(7)4-2-1-3-5-8;5-7(6)3-1-2-4-7;9*1-4(2)3;4-6(5)2-1-3-6/h1-9H2;7-8H,1-6H2;1-7H2;6-7H,1-5H2;1-6H2;1-5H2;1-5H2;1-4H2;9*4H,1-3H3;1-3H2. The molecule has 27 heteroatoms. The van der Waals surface area contributed by atoms with Gasteiger partial charge < -0.3 is 0 Å². The predicted octanol–water partition coefficient (Wildman–Crippen LogP) is 22.7. The predicted molar refractivity (Wildman–Crippen MR) is 524 cm³/mol. The third-order valence-electron chi connectivity index (χ3n) is 21.2. The number of hydrogen-bond donors (Lipinski definition) is 0. The van der Waals surface area contributed by atoms with Gasteiger partial charge in [0.05, 0.1) is 104 Å². The van der Waals surface area contributed by atoms with E-state index in [9.17, 15) is 75.8 Å². The van der Waals surface area contributed by atoms with Crippen molar-refractivity contribution in [3.05, 3.63) is 0 Å². The van der Waals surface area contributed by atoms with Crippen molar-refractivity contribution in [2.24, 2.45) is 98.6 Å². The molecule has 0 aromatic heterocycles. The molecule has 18 nitrogen and oxygen atoms in total. The van der Waals surface area contributed by atoms with Gasteiger partial charge in [0.2, 0.25) is 0 Å². The molecule has 4 atom stereocenters. The SMILES string of the molecule is CC(C)C.CC(C)C.CC(C)C.CC(C)C.CC(C)C.CC(C)C.CC(C)C.CC(C)C.CC(C)C.O=S1(=O)CC2(CCC2)C1.O=S1(=O)CC2(CCCC2)C1.O=S1(=O)CC2(CCCCC2)C1.O=S1(=O)CC2CCCC2C1.O=S1(=O)CC2CCCCC2C1.O=S1(=O)CCC1.O=S1(=O)CCC2(CCCCC2)CC1.O=S1(=O)CCCC1.O=S1(=O)CCCCC1. The monoisotopic (exact) mass is 1900 g/mol. The summed E-state index contributed by atoms with van der Waals surface area (Å²) in [4.78, 5) is 0. The van der Waals surface area contributed by atoms with E-state index >= 15 is 0 Å². The van der Waals surface area contributed by atoms with Gasteiger partial charge in [0.15, 0.2) is 49.2 Å². The van der Waals surface area contributed by atoms with E-state index in [-0.39, 0.29) is 10.8 Å². The van der Waals surface area contributed by atoms with Crippen molar-refractivity contribution in [2.45, 2.75) is 392 Å². The first-order valence-electron chi connectivity index (χ1n) is 47.9. The summed E-state index contributed by atoms with van der Waals surface area (Å²) in [6.45, 7) is 58.5. The zero-order valence-corrected chi connectivity index (χ0v) is 90.2. The first-order chi connectivity index (χ1) is 55.0. The van der Waals surface area contributed by atoms with E-state index in [2.05, 4.69) is 187 Å². The summed E-state index contributed by atoms with van der Waals surface area (Å²) in [6, 6.07) is 0. The summed E-state index contributed by atoms with van der Waals surface area (Å²) in [5.41, 5.74) is 1.23. The van der Waals surface area contributed by atoms with E-state index in [1.165, 1.54) is 89.9 Å².